The minimum absolute atomic E-state index is 0.132. The Morgan fingerprint density at radius 1 is 1.00 bits per heavy atom. The predicted octanol–water partition coefficient (Wildman–Crippen LogP) is 6.11. The van der Waals surface area contributed by atoms with E-state index in [0.717, 1.165) is 46.2 Å². The fraction of sp³-hybridized carbons (Fsp3) is 0.310. The lowest BCUT2D eigenvalue weighted by molar-refractivity contribution is 0.174. The van der Waals surface area contributed by atoms with Crippen molar-refractivity contribution in [3.8, 4) is 23.0 Å². The third-order valence-electron chi connectivity index (χ3n) is 6.71. The van der Waals surface area contributed by atoms with Gasteiger partial charge in [0.25, 0.3) is 0 Å². The van der Waals surface area contributed by atoms with E-state index in [1.54, 1.807) is 7.11 Å². The van der Waals surface area contributed by atoms with Gasteiger partial charge in [-0.3, -0.25) is 4.90 Å². The molecule has 0 aliphatic carbocycles. The largest absolute Gasteiger partial charge is 0.493 e. The molecule has 3 aromatic carbocycles. The zero-order valence-corrected chi connectivity index (χ0v) is 20.2. The van der Waals surface area contributed by atoms with Crippen molar-refractivity contribution >= 4 is 6.08 Å². The van der Waals surface area contributed by atoms with Gasteiger partial charge in [-0.15, -0.1) is 0 Å². The molecular formula is C29H31NO4. The molecule has 0 fully saturated rings. The average molecular weight is 458 g/mol. The molecule has 0 spiro atoms. The standard InChI is InChI=1S/C29H31NO4/c1-19-12-27-28(34-18-33-27)13-22(19)10-11-25-24-15-26(31-4)29(14-23(24)20(2)16-30(25)3)32-17-21-8-6-5-7-9-21/h5-15,20,25H,16-18H2,1-4H3/b11-10+. The first-order chi connectivity index (χ1) is 16.5. The van der Waals surface area contributed by atoms with Crippen LogP contribution in [0.15, 0.2) is 60.7 Å². The number of hydrogen-bond acceptors (Lipinski definition) is 5. The van der Waals surface area contributed by atoms with Gasteiger partial charge in [-0.05, 0) is 72.0 Å². The average Bonchev–Trinajstić information content (AvgIpc) is 3.29. The summed E-state index contributed by atoms with van der Waals surface area (Å²) in [6, 6.07) is 18.8. The molecule has 0 saturated heterocycles. The maximum absolute atomic E-state index is 6.20. The third-order valence-corrected chi connectivity index (χ3v) is 6.71. The predicted molar refractivity (Wildman–Crippen MR) is 134 cm³/mol. The Morgan fingerprint density at radius 3 is 2.50 bits per heavy atom. The van der Waals surface area contributed by atoms with Gasteiger partial charge in [0.05, 0.1) is 13.2 Å². The van der Waals surface area contributed by atoms with Crippen molar-refractivity contribution in [1.82, 2.24) is 4.90 Å². The molecule has 3 aromatic rings. The lowest BCUT2D eigenvalue weighted by atomic mass is 9.85. The van der Waals surface area contributed by atoms with Crippen LogP contribution in [-0.4, -0.2) is 32.4 Å². The molecule has 0 N–H and O–H groups in total. The molecule has 0 saturated carbocycles. The van der Waals surface area contributed by atoms with E-state index in [4.69, 9.17) is 18.9 Å². The van der Waals surface area contributed by atoms with Crippen LogP contribution in [0, 0.1) is 6.92 Å². The Balaban J connectivity index is 1.45. The van der Waals surface area contributed by atoms with E-state index in [1.165, 1.54) is 11.1 Å². The van der Waals surface area contributed by atoms with Gasteiger partial charge >= 0.3 is 0 Å². The lowest BCUT2D eigenvalue weighted by Gasteiger charge is -2.37. The fourth-order valence-electron chi connectivity index (χ4n) is 4.85. The number of ether oxygens (including phenoxy) is 4. The van der Waals surface area contributed by atoms with E-state index in [0.29, 0.717) is 12.5 Å². The summed E-state index contributed by atoms with van der Waals surface area (Å²) in [6.45, 7) is 6.13. The third kappa shape index (κ3) is 4.36. The van der Waals surface area contributed by atoms with Crippen LogP contribution in [0.2, 0.25) is 0 Å². The van der Waals surface area contributed by atoms with Gasteiger partial charge in [-0.1, -0.05) is 49.4 Å². The number of fused-ring (bicyclic) bond motifs is 2. The number of nitrogens with zero attached hydrogens (tertiary/aromatic N) is 1. The summed E-state index contributed by atoms with van der Waals surface area (Å²) in [4.78, 5) is 2.38. The van der Waals surface area contributed by atoms with Crippen molar-refractivity contribution in [3.05, 3.63) is 88.5 Å². The quantitative estimate of drug-likeness (QED) is 0.446. The first-order valence-corrected chi connectivity index (χ1v) is 11.7. The molecular weight excluding hydrogens is 426 g/mol. The Kier molecular flexibility index (Phi) is 6.20. The van der Waals surface area contributed by atoms with Crippen molar-refractivity contribution < 1.29 is 18.9 Å². The number of rotatable bonds is 6. The van der Waals surface area contributed by atoms with Crippen LogP contribution >= 0.6 is 0 Å². The summed E-state index contributed by atoms with van der Waals surface area (Å²) in [5.74, 6) is 3.56. The van der Waals surface area contributed by atoms with E-state index in [9.17, 15) is 0 Å². The molecule has 5 heteroatoms. The Labute approximate surface area is 201 Å². The van der Waals surface area contributed by atoms with Gasteiger partial charge in [0.15, 0.2) is 23.0 Å². The van der Waals surface area contributed by atoms with Crippen LogP contribution in [0.25, 0.3) is 6.08 Å². The molecule has 2 aliphatic rings. The maximum Gasteiger partial charge on any atom is 0.231 e. The molecule has 2 heterocycles. The van der Waals surface area contributed by atoms with E-state index >= 15 is 0 Å². The van der Waals surface area contributed by atoms with Gasteiger partial charge in [0.1, 0.15) is 6.61 Å². The molecule has 5 nitrogen and oxygen atoms in total. The molecule has 2 aliphatic heterocycles. The van der Waals surface area contributed by atoms with Crippen LogP contribution < -0.4 is 18.9 Å². The summed E-state index contributed by atoms with van der Waals surface area (Å²) in [5.41, 5.74) is 5.98. The fourth-order valence-corrected chi connectivity index (χ4v) is 4.85. The molecule has 176 valence electrons. The first-order valence-electron chi connectivity index (χ1n) is 11.7. The van der Waals surface area contributed by atoms with Crippen LogP contribution in [0.4, 0.5) is 0 Å². The number of methoxy groups -OCH3 is 1. The highest BCUT2D eigenvalue weighted by molar-refractivity contribution is 5.62. The number of benzene rings is 3. The second kappa shape index (κ2) is 9.43. The van der Waals surface area contributed by atoms with Crippen molar-refractivity contribution in [3.63, 3.8) is 0 Å². The highest BCUT2D eigenvalue weighted by Gasteiger charge is 2.29. The highest BCUT2D eigenvalue weighted by Crippen LogP contribution is 2.43. The zero-order chi connectivity index (χ0) is 23.7. The summed E-state index contributed by atoms with van der Waals surface area (Å²) in [5, 5.41) is 0. The summed E-state index contributed by atoms with van der Waals surface area (Å²) in [7, 11) is 3.88. The Morgan fingerprint density at radius 2 is 1.74 bits per heavy atom. The first kappa shape index (κ1) is 22.4. The van der Waals surface area contributed by atoms with Crippen LogP contribution in [0.3, 0.4) is 0 Å². The second-order valence-corrected chi connectivity index (χ2v) is 9.11. The van der Waals surface area contributed by atoms with Crippen molar-refractivity contribution in [1.29, 1.82) is 0 Å². The second-order valence-electron chi connectivity index (χ2n) is 9.11. The number of aryl methyl sites for hydroxylation is 1. The van der Waals surface area contributed by atoms with Crippen molar-refractivity contribution in [2.45, 2.75) is 32.4 Å². The molecule has 34 heavy (non-hydrogen) atoms. The SMILES string of the molecule is COc1cc2c(cc1OCc1ccccc1)C(C)CN(C)C2/C=C/c1cc2c(cc1C)OCO2. The van der Waals surface area contributed by atoms with Crippen LogP contribution in [0.1, 0.15) is 46.7 Å². The minimum atomic E-state index is 0.132. The Hall–Kier alpha value is -3.44. The van der Waals surface area contributed by atoms with E-state index in [1.807, 2.05) is 24.3 Å². The molecule has 0 bridgehead atoms. The van der Waals surface area contributed by atoms with Crippen LogP contribution in [0.5, 0.6) is 23.0 Å². The minimum Gasteiger partial charge on any atom is -0.493 e. The summed E-state index contributed by atoms with van der Waals surface area (Å²) < 4.78 is 23.0. The topological polar surface area (TPSA) is 40.2 Å². The lowest BCUT2D eigenvalue weighted by Crippen LogP contribution is -2.33. The van der Waals surface area contributed by atoms with Gasteiger partial charge in [-0.25, -0.2) is 0 Å². The van der Waals surface area contributed by atoms with Crippen molar-refractivity contribution in [2.75, 3.05) is 27.5 Å². The van der Waals surface area contributed by atoms with Gasteiger partial charge in [0, 0.05) is 6.54 Å². The molecule has 0 aromatic heterocycles. The Bertz CT molecular complexity index is 1200. The molecule has 0 amide bonds. The smallest absolute Gasteiger partial charge is 0.231 e. The summed E-state index contributed by atoms with van der Waals surface area (Å²) >= 11 is 0. The van der Waals surface area contributed by atoms with Gasteiger partial charge < -0.3 is 18.9 Å². The highest BCUT2D eigenvalue weighted by atomic mass is 16.7. The maximum atomic E-state index is 6.20. The van der Waals surface area contributed by atoms with Gasteiger partial charge in [0.2, 0.25) is 6.79 Å². The van der Waals surface area contributed by atoms with E-state index < -0.39 is 0 Å². The zero-order valence-electron chi connectivity index (χ0n) is 20.2. The van der Waals surface area contributed by atoms with Crippen LogP contribution in [-0.2, 0) is 6.61 Å². The molecule has 2 unspecified atom stereocenters. The van der Waals surface area contributed by atoms with E-state index in [-0.39, 0.29) is 12.8 Å². The normalized spacial score (nSPS) is 19.3. The summed E-state index contributed by atoms with van der Waals surface area (Å²) in [6.07, 6.45) is 4.45. The molecule has 5 rings (SSSR count). The van der Waals surface area contributed by atoms with Gasteiger partial charge in [-0.2, -0.15) is 0 Å². The monoisotopic (exact) mass is 457 g/mol. The molecule has 0 radical (unpaired) electrons. The number of hydrogen-bond donors (Lipinski definition) is 0. The molecule has 2 atom stereocenters. The van der Waals surface area contributed by atoms with E-state index in [2.05, 4.69) is 68.3 Å². The van der Waals surface area contributed by atoms with Crippen molar-refractivity contribution in [2.24, 2.45) is 0 Å². The number of likely N-dealkylation sites (N-methyl/N-ethyl adjacent to an activating group) is 1.